The number of piperidine rings is 1. The van der Waals surface area contributed by atoms with Crippen molar-refractivity contribution < 1.29 is 32.7 Å². The summed E-state index contributed by atoms with van der Waals surface area (Å²) in [5.41, 5.74) is 1.94. The first-order chi connectivity index (χ1) is 15.3. The fourth-order valence-corrected chi connectivity index (χ4v) is 5.18. The van der Waals surface area contributed by atoms with Gasteiger partial charge in [-0.3, -0.25) is 14.8 Å². The predicted molar refractivity (Wildman–Crippen MR) is 114 cm³/mol. The minimum Gasteiger partial charge on any atom is -0.497 e. The number of hydroxylamine groups is 1. The summed E-state index contributed by atoms with van der Waals surface area (Å²) >= 11 is 0. The van der Waals surface area contributed by atoms with Crippen LogP contribution in [0, 0.1) is 0 Å². The number of hydrogen-bond donors (Lipinski definition) is 3. The van der Waals surface area contributed by atoms with Crippen molar-refractivity contribution in [3.05, 3.63) is 54.1 Å². The molecule has 172 valence electrons. The molecule has 3 N–H and O–H groups in total. The van der Waals surface area contributed by atoms with E-state index in [0.717, 1.165) is 4.31 Å². The van der Waals surface area contributed by atoms with Gasteiger partial charge in [-0.1, -0.05) is 0 Å². The molecule has 0 unspecified atom stereocenters. The third kappa shape index (κ3) is 5.01. The lowest BCUT2D eigenvalue weighted by molar-refractivity contribution is -0.134. The molecule has 1 saturated heterocycles. The number of carbonyl (C=O) groups excluding carboxylic acids is 2. The van der Waals surface area contributed by atoms with Gasteiger partial charge in [-0.25, -0.2) is 13.9 Å². The summed E-state index contributed by atoms with van der Waals surface area (Å²) in [5, 5.41) is 12.0. The molecule has 0 bridgehead atoms. The second-order valence-electron chi connectivity index (χ2n) is 7.21. The third-order valence-corrected chi connectivity index (χ3v) is 7.24. The molecule has 32 heavy (non-hydrogen) atoms. The number of hydrogen-bond acceptors (Lipinski definition) is 7. The van der Waals surface area contributed by atoms with E-state index in [9.17, 15) is 18.0 Å². The molecular formula is C21H25N3O7S. The smallest absolute Gasteiger partial charge is 0.261 e. The summed E-state index contributed by atoms with van der Waals surface area (Å²) in [5.74, 6) is -0.121. The number of amides is 2. The van der Waals surface area contributed by atoms with E-state index >= 15 is 0 Å². The largest absolute Gasteiger partial charge is 0.497 e. The minimum absolute atomic E-state index is 0.00364. The van der Waals surface area contributed by atoms with Crippen LogP contribution in [-0.4, -0.2) is 62.6 Å². The van der Waals surface area contributed by atoms with Gasteiger partial charge in [0.25, 0.3) is 11.8 Å². The highest BCUT2D eigenvalue weighted by molar-refractivity contribution is 7.89. The lowest BCUT2D eigenvalue weighted by atomic mass is 9.98. The fourth-order valence-electron chi connectivity index (χ4n) is 3.57. The van der Waals surface area contributed by atoms with Gasteiger partial charge in [0.1, 0.15) is 17.5 Å². The number of ether oxygens (including phenoxy) is 2. The van der Waals surface area contributed by atoms with Crippen LogP contribution in [0.1, 0.15) is 23.2 Å². The van der Waals surface area contributed by atoms with Crippen LogP contribution in [0.15, 0.2) is 53.4 Å². The van der Waals surface area contributed by atoms with Crippen molar-refractivity contribution in [2.24, 2.45) is 0 Å². The summed E-state index contributed by atoms with van der Waals surface area (Å²) in [6.07, 6.45) is 0.302. The van der Waals surface area contributed by atoms with Crippen molar-refractivity contribution >= 4 is 21.8 Å². The lowest BCUT2D eigenvalue weighted by Crippen LogP contribution is -2.56. The van der Waals surface area contributed by atoms with Gasteiger partial charge in [-0.05, 0) is 61.4 Å². The predicted octanol–water partition coefficient (Wildman–Crippen LogP) is 1.16. The zero-order chi connectivity index (χ0) is 23.3. The summed E-state index contributed by atoms with van der Waals surface area (Å²) in [7, 11) is -1.03. The van der Waals surface area contributed by atoms with Gasteiger partial charge in [0.15, 0.2) is 0 Å². The van der Waals surface area contributed by atoms with E-state index < -0.39 is 28.0 Å². The van der Waals surface area contributed by atoms with Crippen molar-refractivity contribution in [2.75, 3.05) is 20.8 Å². The molecule has 2 aromatic rings. The van der Waals surface area contributed by atoms with E-state index in [1.165, 1.54) is 44.0 Å². The van der Waals surface area contributed by atoms with Crippen LogP contribution >= 0.6 is 0 Å². The summed E-state index contributed by atoms with van der Waals surface area (Å²) in [6.45, 7) is -0.0139. The normalized spacial score (nSPS) is 19.1. The average Bonchev–Trinajstić information content (AvgIpc) is 2.83. The molecule has 0 saturated carbocycles. The SMILES string of the molecule is COc1ccc(C(=O)N[C@H]2CCN(S(=O)(=O)c3ccc(OC)cc3)[C@H](C(=O)NO)C2)cc1. The number of sulfonamides is 1. The molecule has 3 rings (SSSR count). The number of methoxy groups -OCH3 is 2. The number of carbonyl (C=O) groups is 2. The Labute approximate surface area is 186 Å². The van der Waals surface area contributed by atoms with E-state index in [-0.39, 0.29) is 23.8 Å². The minimum atomic E-state index is -4.02. The Hall–Kier alpha value is -3.15. The monoisotopic (exact) mass is 463 g/mol. The number of benzene rings is 2. The molecule has 2 atom stereocenters. The maximum atomic E-state index is 13.2. The van der Waals surface area contributed by atoms with Crippen molar-refractivity contribution in [2.45, 2.75) is 29.8 Å². The first kappa shape index (κ1) is 23.5. The highest BCUT2D eigenvalue weighted by Crippen LogP contribution is 2.27. The molecule has 2 aromatic carbocycles. The molecule has 1 aliphatic rings. The van der Waals surface area contributed by atoms with Gasteiger partial charge in [-0.15, -0.1) is 0 Å². The molecule has 1 aliphatic heterocycles. The van der Waals surface area contributed by atoms with Crippen molar-refractivity contribution in [1.82, 2.24) is 15.1 Å². The highest BCUT2D eigenvalue weighted by Gasteiger charge is 2.41. The zero-order valence-corrected chi connectivity index (χ0v) is 18.5. The van der Waals surface area contributed by atoms with Crippen LogP contribution in [0.5, 0.6) is 11.5 Å². The Bertz CT molecular complexity index is 1060. The second kappa shape index (κ2) is 9.98. The van der Waals surface area contributed by atoms with Crippen LogP contribution < -0.4 is 20.3 Å². The standard InChI is InChI=1S/C21H25N3O7S/c1-30-16-5-3-14(4-6-16)20(25)22-15-11-12-24(19(13-15)21(26)23-27)32(28,29)18-9-7-17(31-2)8-10-18/h3-10,15,19,27H,11-13H2,1-2H3,(H,22,25)(H,23,26)/t15-,19-/m0/s1. The van der Waals surface area contributed by atoms with Crippen molar-refractivity contribution in [3.8, 4) is 11.5 Å². The Morgan fingerprint density at radius 3 is 2.09 bits per heavy atom. The summed E-state index contributed by atoms with van der Waals surface area (Å²) < 4.78 is 37.5. The van der Waals surface area contributed by atoms with Gasteiger partial charge in [0.2, 0.25) is 10.0 Å². The maximum absolute atomic E-state index is 13.2. The number of rotatable bonds is 7. The van der Waals surface area contributed by atoms with Crippen LogP contribution in [0.3, 0.4) is 0 Å². The van der Waals surface area contributed by atoms with E-state index in [4.69, 9.17) is 14.7 Å². The summed E-state index contributed by atoms with van der Waals surface area (Å²) in [6, 6.07) is 10.7. The Balaban J connectivity index is 1.76. The topological polar surface area (TPSA) is 134 Å². The first-order valence-corrected chi connectivity index (χ1v) is 11.3. The number of nitrogens with one attached hydrogen (secondary N) is 2. The molecule has 10 nitrogen and oxygen atoms in total. The molecule has 0 radical (unpaired) electrons. The lowest BCUT2D eigenvalue weighted by Gasteiger charge is -2.37. The van der Waals surface area contributed by atoms with E-state index in [0.29, 0.717) is 23.5 Å². The summed E-state index contributed by atoms with van der Waals surface area (Å²) in [4.78, 5) is 24.9. The quantitative estimate of drug-likeness (QED) is 0.414. The van der Waals surface area contributed by atoms with E-state index in [1.54, 1.807) is 24.3 Å². The molecule has 2 amide bonds. The number of nitrogens with zero attached hydrogens (tertiary/aromatic N) is 1. The first-order valence-electron chi connectivity index (χ1n) is 9.85. The van der Waals surface area contributed by atoms with Gasteiger partial charge in [0.05, 0.1) is 19.1 Å². The van der Waals surface area contributed by atoms with Crippen LogP contribution in [0.25, 0.3) is 0 Å². The molecular weight excluding hydrogens is 438 g/mol. The Morgan fingerprint density at radius 2 is 1.56 bits per heavy atom. The molecule has 0 aliphatic carbocycles. The van der Waals surface area contributed by atoms with Crippen LogP contribution in [0.4, 0.5) is 0 Å². The Kier molecular flexibility index (Phi) is 7.33. The van der Waals surface area contributed by atoms with Crippen molar-refractivity contribution in [1.29, 1.82) is 0 Å². The molecule has 11 heteroatoms. The fraction of sp³-hybridized carbons (Fsp3) is 0.333. The maximum Gasteiger partial charge on any atom is 0.261 e. The zero-order valence-electron chi connectivity index (χ0n) is 17.6. The van der Waals surface area contributed by atoms with Crippen LogP contribution in [-0.2, 0) is 14.8 Å². The van der Waals surface area contributed by atoms with E-state index in [2.05, 4.69) is 5.32 Å². The van der Waals surface area contributed by atoms with Gasteiger partial charge < -0.3 is 14.8 Å². The van der Waals surface area contributed by atoms with E-state index in [1.807, 2.05) is 0 Å². The molecule has 0 aromatic heterocycles. The molecule has 1 fully saturated rings. The molecule has 1 heterocycles. The Morgan fingerprint density at radius 1 is 1.00 bits per heavy atom. The van der Waals surface area contributed by atoms with Crippen molar-refractivity contribution in [3.63, 3.8) is 0 Å². The highest BCUT2D eigenvalue weighted by atomic mass is 32.2. The average molecular weight is 464 g/mol. The van der Waals surface area contributed by atoms with Gasteiger partial charge in [0, 0.05) is 18.2 Å². The third-order valence-electron chi connectivity index (χ3n) is 5.32. The van der Waals surface area contributed by atoms with Crippen LogP contribution in [0.2, 0.25) is 0 Å². The van der Waals surface area contributed by atoms with Gasteiger partial charge in [-0.2, -0.15) is 4.31 Å². The second-order valence-corrected chi connectivity index (χ2v) is 9.10. The molecule has 0 spiro atoms. The van der Waals surface area contributed by atoms with Gasteiger partial charge >= 0.3 is 0 Å².